The van der Waals surface area contributed by atoms with Gasteiger partial charge in [-0.05, 0) is 52.3 Å². The van der Waals surface area contributed by atoms with Gasteiger partial charge in [-0.15, -0.1) is 0 Å². The molecule has 0 aromatic rings. The van der Waals surface area contributed by atoms with Crippen LogP contribution >= 0.6 is 0 Å². The molecule has 0 saturated heterocycles. The molecule has 1 rings (SSSR count). The molecule has 100 valence electrons. The fraction of sp³-hybridized carbons (Fsp3) is 0.833. The molecule has 0 fully saturated rings. The molecular weight excluding hydrogens is 248 g/mol. The van der Waals surface area contributed by atoms with Gasteiger partial charge in [-0.3, -0.25) is 0 Å². The summed E-state index contributed by atoms with van der Waals surface area (Å²) in [5, 5.41) is 0. The van der Waals surface area contributed by atoms with Gasteiger partial charge >= 0.3 is 0 Å². The summed E-state index contributed by atoms with van der Waals surface area (Å²) >= 11 is 0. The van der Waals surface area contributed by atoms with Crippen molar-refractivity contribution in [2.45, 2.75) is 64.5 Å². The van der Waals surface area contributed by atoms with Gasteiger partial charge in [0.2, 0.25) is 0 Å². The minimum atomic E-state index is -1.58. The normalized spacial score (nSPS) is 30.2. The lowest BCUT2D eigenvalue weighted by atomic mass is 10.1. The van der Waals surface area contributed by atoms with Crippen LogP contribution in [0.2, 0.25) is 39.3 Å². The molecule has 0 saturated carbocycles. The lowest BCUT2D eigenvalue weighted by Gasteiger charge is -2.39. The standard InChI is InChI=1S/C12H26O3Si2/c1-10-12(15-17(5,6)7)11(8-9-13-10)14-16(2,3)4/h8-12H,1-7H3/t10-,11-,12+/m0/s1. The van der Waals surface area contributed by atoms with Crippen LogP contribution in [0.1, 0.15) is 6.92 Å². The number of hydrogen-bond acceptors (Lipinski definition) is 3. The van der Waals surface area contributed by atoms with Gasteiger partial charge in [-0.2, -0.15) is 0 Å². The smallest absolute Gasteiger partial charge is 0.184 e. The Morgan fingerprint density at radius 2 is 1.47 bits per heavy atom. The van der Waals surface area contributed by atoms with E-state index in [1.807, 2.05) is 6.08 Å². The van der Waals surface area contributed by atoms with E-state index in [4.69, 9.17) is 13.6 Å². The Bertz CT molecular complexity index is 278. The van der Waals surface area contributed by atoms with Crippen molar-refractivity contribution in [3.8, 4) is 0 Å². The van der Waals surface area contributed by atoms with Gasteiger partial charge in [-0.1, -0.05) is 0 Å². The Morgan fingerprint density at radius 3 is 1.94 bits per heavy atom. The second kappa shape index (κ2) is 5.26. The third-order valence-electron chi connectivity index (χ3n) is 2.33. The highest BCUT2D eigenvalue weighted by molar-refractivity contribution is 6.70. The van der Waals surface area contributed by atoms with Crippen LogP contribution in [0.3, 0.4) is 0 Å². The third-order valence-corrected chi connectivity index (χ3v) is 4.29. The summed E-state index contributed by atoms with van der Waals surface area (Å²) in [6, 6.07) is 0. The molecule has 0 amide bonds. The monoisotopic (exact) mass is 274 g/mol. The first kappa shape index (κ1) is 15.0. The first-order valence-electron chi connectivity index (χ1n) is 6.26. The summed E-state index contributed by atoms with van der Waals surface area (Å²) in [7, 11) is -3.14. The zero-order valence-corrected chi connectivity index (χ0v) is 14.1. The summed E-state index contributed by atoms with van der Waals surface area (Å²) in [6.07, 6.45) is 3.87. The van der Waals surface area contributed by atoms with Gasteiger partial charge in [-0.25, -0.2) is 0 Å². The van der Waals surface area contributed by atoms with Crippen molar-refractivity contribution in [2.75, 3.05) is 0 Å². The highest BCUT2D eigenvalue weighted by Gasteiger charge is 2.36. The van der Waals surface area contributed by atoms with E-state index in [1.165, 1.54) is 0 Å². The Balaban J connectivity index is 2.77. The van der Waals surface area contributed by atoms with Crippen LogP contribution in [0.4, 0.5) is 0 Å². The molecule has 0 aromatic carbocycles. The summed E-state index contributed by atoms with van der Waals surface area (Å²) in [4.78, 5) is 0. The summed E-state index contributed by atoms with van der Waals surface area (Å²) in [6.45, 7) is 15.2. The Morgan fingerprint density at radius 1 is 0.941 bits per heavy atom. The second-order valence-corrected chi connectivity index (χ2v) is 15.5. The number of rotatable bonds is 4. The van der Waals surface area contributed by atoms with Crippen LogP contribution < -0.4 is 0 Å². The molecule has 0 spiro atoms. The summed E-state index contributed by atoms with van der Waals surface area (Å²) < 4.78 is 17.9. The average molecular weight is 275 g/mol. The molecule has 3 atom stereocenters. The average Bonchev–Trinajstić information content (AvgIpc) is 2.07. The predicted octanol–water partition coefficient (Wildman–Crippen LogP) is 3.36. The fourth-order valence-electron chi connectivity index (χ4n) is 1.79. The maximum Gasteiger partial charge on any atom is 0.184 e. The van der Waals surface area contributed by atoms with E-state index in [0.717, 1.165) is 0 Å². The summed E-state index contributed by atoms with van der Waals surface area (Å²) in [5.41, 5.74) is 0. The minimum Gasteiger partial charge on any atom is -0.496 e. The van der Waals surface area contributed by atoms with Crippen molar-refractivity contribution in [1.29, 1.82) is 0 Å². The molecule has 17 heavy (non-hydrogen) atoms. The first-order valence-corrected chi connectivity index (χ1v) is 13.1. The zero-order chi connectivity index (χ0) is 13.3. The largest absolute Gasteiger partial charge is 0.496 e. The zero-order valence-electron chi connectivity index (χ0n) is 12.1. The fourth-order valence-corrected chi connectivity index (χ4v) is 3.96. The van der Waals surface area contributed by atoms with Crippen molar-refractivity contribution >= 4 is 16.6 Å². The molecule has 0 aliphatic carbocycles. The highest BCUT2D eigenvalue weighted by Crippen LogP contribution is 2.24. The van der Waals surface area contributed by atoms with Crippen LogP contribution in [0.5, 0.6) is 0 Å². The number of hydrogen-bond donors (Lipinski definition) is 0. The van der Waals surface area contributed by atoms with E-state index >= 15 is 0 Å². The van der Waals surface area contributed by atoms with Gasteiger partial charge in [0.1, 0.15) is 12.2 Å². The van der Waals surface area contributed by atoms with Gasteiger partial charge in [0.25, 0.3) is 0 Å². The lowest BCUT2D eigenvalue weighted by Crippen LogP contribution is -2.50. The van der Waals surface area contributed by atoms with Gasteiger partial charge in [0.15, 0.2) is 16.6 Å². The molecule has 1 aliphatic rings. The second-order valence-electron chi connectivity index (χ2n) is 6.56. The molecule has 0 radical (unpaired) electrons. The van der Waals surface area contributed by atoms with Crippen molar-refractivity contribution in [3.63, 3.8) is 0 Å². The Hall–Kier alpha value is -0.106. The SMILES string of the molecule is C[C@@H]1OC=C[C@H](O[Si](C)(C)C)[C@@H]1O[Si](C)(C)C. The van der Waals surface area contributed by atoms with Gasteiger partial charge in [0.05, 0.1) is 12.4 Å². The van der Waals surface area contributed by atoms with E-state index in [-0.39, 0.29) is 18.3 Å². The van der Waals surface area contributed by atoms with Crippen LogP contribution in [0.25, 0.3) is 0 Å². The molecule has 5 heteroatoms. The Kier molecular flexibility index (Phi) is 4.63. The van der Waals surface area contributed by atoms with Crippen molar-refractivity contribution in [1.82, 2.24) is 0 Å². The van der Waals surface area contributed by atoms with Crippen LogP contribution in [0, 0.1) is 0 Å². The van der Waals surface area contributed by atoms with E-state index in [9.17, 15) is 0 Å². The first-order chi connectivity index (χ1) is 7.58. The lowest BCUT2D eigenvalue weighted by molar-refractivity contribution is -0.0379. The highest BCUT2D eigenvalue weighted by atomic mass is 28.4. The van der Waals surface area contributed by atoms with Crippen molar-refractivity contribution in [2.24, 2.45) is 0 Å². The quantitative estimate of drug-likeness (QED) is 0.736. The predicted molar refractivity (Wildman–Crippen MR) is 76.1 cm³/mol. The summed E-state index contributed by atoms with van der Waals surface area (Å²) in [5.74, 6) is 0. The van der Waals surface area contributed by atoms with Gasteiger partial charge in [0, 0.05) is 0 Å². The maximum atomic E-state index is 6.21. The molecular formula is C12H26O3Si2. The third kappa shape index (κ3) is 5.37. The van der Waals surface area contributed by atoms with Crippen LogP contribution in [0.15, 0.2) is 12.3 Å². The topological polar surface area (TPSA) is 27.7 Å². The minimum absolute atomic E-state index is 0.0263. The van der Waals surface area contributed by atoms with Crippen molar-refractivity contribution < 1.29 is 13.6 Å². The molecule has 1 aliphatic heterocycles. The molecule has 0 aromatic heterocycles. The van der Waals surface area contributed by atoms with E-state index in [1.54, 1.807) is 6.26 Å². The maximum absolute atomic E-state index is 6.21. The van der Waals surface area contributed by atoms with Crippen LogP contribution in [-0.4, -0.2) is 34.9 Å². The Labute approximate surface area is 107 Å². The molecule has 3 nitrogen and oxygen atoms in total. The van der Waals surface area contributed by atoms with E-state index in [0.29, 0.717) is 0 Å². The van der Waals surface area contributed by atoms with Crippen LogP contribution in [-0.2, 0) is 13.6 Å². The van der Waals surface area contributed by atoms with Crippen molar-refractivity contribution in [3.05, 3.63) is 12.3 Å². The molecule has 0 N–H and O–H groups in total. The van der Waals surface area contributed by atoms with Gasteiger partial charge < -0.3 is 13.6 Å². The van der Waals surface area contributed by atoms with E-state index < -0.39 is 16.6 Å². The van der Waals surface area contributed by atoms with E-state index in [2.05, 4.69) is 46.2 Å². The number of ether oxygens (including phenoxy) is 1. The molecule has 1 heterocycles. The molecule has 0 bridgehead atoms. The molecule has 0 unspecified atom stereocenters.